The van der Waals surface area contributed by atoms with E-state index in [1.807, 2.05) is 0 Å². The van der Waals surface area contributed by atoms with E-state index in [9.17, 15) is 25.1 Å². The molecule has 8 N–H and O–H groups in total. The molecule has 0 radical (unpaired) electrons. The lowest BCUT2D eigenvalue weighted by Gasteiger charge is -2.31. The van der Waals surface area contributed by atoms with Gasteiger partial charge in [0.05, 0.1) is 5.92 Å². The summed E-state index contributed by atoms with van der Waals surface area (Å²) < 4.78 is 0. The monoisotopic (exact) mass is 533 g/mol. The number of para-hydroxylation sites is 1. The predicted molar refractivity (Wildman–Crippen MR) is 141 cm³/mol. The molecule has 2 unspecified atom stereocenters. The van der Waals surface area contributed by atoms with E-state index in [-0.39, 0.29) is 28.3 Å². The molecule has 0 saturated carbocycles. The number of amides is 2. The van der Waals surface area contributed by atoms with Crippen LogP contribution in [0, 0.1) is 10.4 Å². The number of hydrogen-bond acceptors (Lipinski definition) is 8. The van der Waals surface area contributed by atoms with Crippen LogP contribution in [0.3, 0.4) is 0 Å². The van der Waals surface area contributed by atoms with Crippen LogP contribution >= 0.6 is 0 Å². The average molecular weight is 534 g/mol. The second-order valence-corrected chi connectivity index (χ2v) is 8.87. The van der Waals surface area contributed by atoms with Crippen LogP contribution in [-0.4, -0.2) is 27.3 Å². The Hall–Kier alpha value is -4.56. The number of benzene rings is 3. The van der Waals surface area contributed by atoms with Gasteiger partial charge in [-0.2, -0.15) is 10.5 Å². The molecule has 3 aromatic carbocycles. The zero-order valence-corrected chi connectivity index (χ0v) is 21.0. The molecule has 12 heteroatoms. The number of nitrogens with one attached hydrogen (secondary N) is 5. The highest BCUT2D eigenvalue weighted by Gasteiger charge is 2.37. The number of rotatable bonds is 7. The maximum Gasteiger partial charge on any atom is 0.254 e. The lowest BCUT2D eigenvalue weighted by molar-refractivity contribution is -0.991. The molecule has 2 amide bonds. The van der Waals surface area contributed by atoms with Gasteiger partial charge in [0.2, 0.25) is 0 Å². The summed E-state index contributed by atoms with van der Waals surface area (Å²) in [7, 11) is 0. The van der Waals surface area contributed by atoms with E-state index in [4.69, 9.17) is 10.4 Å². The summed E-state index contributed by atoms with van der Waals surface area (Å²) in [5, 5.41) is 57.7. The smallest absolute Gasteiger partial charge is 0.254 e. The number of dihydropyridines is 1. The molecule has 1 heterocycles. The van der Waals surface area contributed by atoms with Crippen LogP contribution < -0.4 is 26.4 Å². The first-order valence-electron chi connectivity index (χ1n) is 11.8. The molecule has 0 aliphatic carbocycles. The largest absolute Gasteiger partial charge is 0.595 e. The fraction of sp³-hybridized carbons (Fsp3) is 0.111. The standard InChI is InChI=1S/C27H27N5O7/c1-15-23(26(34)29-17-7-11-19(12-8-17)31(36)37)25(21-5-3-4-6-22(21)33)24(16(2)28-15)27(35)30-18-9-13-20(14-10-18)32(38)39/h3-14,25,28,31-33,36,38H,1-2H3,(H,29,34)(H,30,35). The first kappa shape index (κ1) is 27.5. The SMILES string of the molecule is CC1=C(C(=O)Nc2ccc([NH+]([O-])O)cc2)C(c2ccccc2O)C(C(=O)Nc2ccc([NH+]([O-])O)cc2)=C(C)N1. The summed E-state index contributed by atoms with van der Waals surface area (Å²) in [6.07, 6.45) is 0. The molecule has 1 aliphatic heterocycles. The van der Waals surface area contributed by atoms with Crippen LogP contribution in [0.4, 0.5) is 22.7 Å². The normalized spacial score (nSPS) is 16.8. The van der Waals surface area contributed by atoms with Crippen LogP contribution in [-0.2, 0) is 9.59 Å². The predicted octanol–water partition coefficient (Wildman–Crippen LogP) is 1.71. The minimum atomic E-state index is -1.10. The van der Waals surface area contributed by atoms with Gasteiger partial charge in [0.15, 0.2) is 11.4 Å². The van der Waals surface area contributed by atoms with Crippen molar-refractivity contribution >= 4 is 34.6 Å². The number of anilines is 2. The van der Waals surface area contributed by atoms with Gasteiger partial charge in [0.1, 0.15) is 5.75 Å². The molecule has 2 atom stereocenters. The summed E-state index contributed by atoms with van der Waals surface area (Å²) in [5.74, 6) is -2.19. The molecule has 0 saturated heterocycles. The molecule has 12 nitrogen and oxygen atoms in total. The minimum Gasteiger partial charge on any atom is -0.595 e. The summed E-state index contributed by atoms with van der Waals surface area (Å²) in [5.41, 5.74) is 2.41. The van der Waals surface area contributed by atoms with E-state index in [1.165, 1.54) is 54.6 Å². The Labute approximate surface area is 223 Å². The van der Waals surface area contributed by atoms with Crippen LogP contribution in [0.1, 0.15) is 25.3 Å². The van der Waals surface area contributed by atoms with Gasteiger partial charge in [0, 0.05) is 63.7 Å². The molecule has 0 spiro atoms. The van der Waals surface area contributed by atoms with Crippen molar-refractivity contribution < 1.29 is 35.6 Å². The van der Waals surface area contributed by atoms with Crippen molar-refractivity contribution in [2.75, 3.05) is 10.6 Å². The van der Waals surface area contributed by atoms with Gasteiger partial charge in [-0.25, -0.2) is 10.4 Å². The number of aromatic hydroxyl groups is 1. The molecule has 0 bridgehead atoms. The number of carbonyl (C=O) groups is 2. The van der Waals surface area contributed by atoms with Crippen molar-refractivity contribution in [3.8, 4) is 5.75 Å². The van der Waals surface area contributed by atoms with Crippen LogP contribution in [0.5, 0.6) is 5.75 Å². The van der Waals surface area contributed by atoms with Crippen molar-refractivity contribution in [1.29, 1.82) is 0 Å². The van der Waals surface area contributed by atoms with Gasteiger partial charge >= 0.3 is 0 Å². The van der Waals surface area contributed by atoms with Gasteiger partial charge in [-0.15, -0.1) is 0 Å². The Balaban J connectivity index is 1.71. The summed E-state index contributed by atoms with van der Waals surface area (Å²) in [6, 6.07) is 17.6. The molecule has 39 heavy (non-hydrogen) atoms. The van der Waals surface area contributed by atoms with E-state index < -0.39 is 28.2 Å². The number of phenolic OH excluding ortho intramolecular Hbond substituents is 1. The maximum atomic E-state index is 13.6. The van der Waals surface area contributed by atoms with Crippen LogP contribution in [0.25, 0.3) is 0 Å². The third-order valence-corrected chi connectivity index (χ3v) is 6.28. The second kappa shape index (κ2) is 11.4. The average Bonchev–Trinajstić information content (AvgIpc) is 2.89. The number of carbonyl (C=O) groups excluding carboxylic acids is 2. The fourth-order valence-corrected chi connectivity index (χ4v) is 4.43. The van der Waals surface area contributed by atoms with Gasteiger partial charge in [-0.05, 0) is 44.2 Å². The highest BCUT2D eigenvalue weighted by Crippen LogP contribution is 2.42. The number of allylic oxidation sites excluding steroid dienone is 2. The van der Waals surface area contributed by atoms with Gasteiger partial charge < -0.3 is 31.5 Å². The molecular weight excluding hydrogens is 506 g/mol. The Bertz CT molecular complexity index is 1360. The number of hydrogen-bond donors (Lipinski definition) is 8. The molecule has 0 fully saturated rings. The topological polar surface area (TPSA) is 186 Å². The van der Waals surface area contributed by atoms with Gasteiger partial charge in [-0.1, -0.05) is 18.2 Å². The fourth-order valence-electron chi connectivity index (χ4n) is 4.43. The first-order chi connectivity index (χ1) is 18.6. The van der Waals surface area contributed by atoms with Crippen molar-refractivity contribution in [2.24, 2.45) is 0 Å². The highest BCUT2D eigenvalue weighted by molar-refractivity contribution is 6.12. The Morgan fingerprint density at radius 3 is 1.54 bits per heavy atom. The van der Waals surface area contributed by atoms with Gasteiger partial charge in [-0.3, -0.25) is 9.59 Å². The lowest BCUT2D eigenvalue weighted by atomic mass is 9.79. The van der Waals surface area contributed by atoms with E-state index in [0.29, 0.717) is 28.3 Å². The zero-order valence-electron chi connectivity index (χ0n) is 21.0. The molecule has 0 aromatic heterocycles. The van der Waals surface area contributed by atoms with E-state index >= 15 is 0 Å². The van der Waals surface area contributed by atoms with E-state index in [0.717, 1.165) is 0 Å². The van der Waals surface area contributed by atoms with E-state index in [1.54, 1.807) is 32.0 Å². The molecule has 1 aliphatic rings. The number of quaternary nitrogens is 2. The summed E-state index contributed by atoms with van der Waals surface area (Å²) in [6.45, 7) is 3.36. The van der Waals surface area contributed by atoms with Gasteiger partial charge in [0.25, 0.3) is 11.8 Å². The summed E-state index contributed by atoms with van der Waals surface area (Å²) >= 11 is 0. The molecule has 3 aromatic rings. The van der Waals surface area contributed by atoms with Crippen molar-refractivity contribution in [3.63, 3.8) is 0 Å². The Morgan fingerprint density at radius 1 is 0.744 bits per heavy atom. The highest BCUT2D eigenvalue weighted by atomic mass is 16.8. The molecule has 4 rings (SSSR count). The Kier molecular flexibility index (Phi) is 8.07. The molecule has 202 valence electrons. The van der Waals surface area contributed by atoms with Crippen molar-refractivity contribution in [1.82, 2.24) is 5.32 Å². The quantitative estimate of drug-likeness (QED) is 0.211. The van der Waals surface area contributed by atoms with Crippen LogP contribution in [0.2, 0.25) is 0 Å². The third-order valence-electron chi connectivity index (χ3n) is 6.28. The Morgan fingerprint density at radius 2 is 1.15 bits per heavy atom. The third kappa shape index (κ3) is 5.97. The molecular formula is C27H27N5O7. The summed E-state index contributed by atoms with van der Waals surface area (Å²) in [4.78, 5) is 27.2. The van der Waals surface area contributed by atoms with E-state index in [2.05, 4.69) is 16.0 Å². The second-order valence-electron chi connectivity index (χ2n) is 8.87. The maximum absolute atomic E-state index is 13.6. The van der Waals surface area contributed by atoms with Crippen molar-refractivity contribution in [3.05, 3.63) is 111 Å². The van der Waals surface area contributed by atoms with Crippen molar-refractivity contribution in [2.45, 2.75) is 19.8 Å². The first-order valence-corrected chi connectivity index (χ1v) is 11.8. The zero-order chi connectivity index (χ0) is 28.3. The minimum absolute atomic E-state index is 0.0590. The van der Waals surface area contributed by atoms with Crippen LogP contribution in [0.15, 0.2) is 95.3 Å². The lowest BCUT2D eigenvalue weighted by Crippen LogP contribution is -2.99. The number of phenols is 1.